The molecule has 2 atom stereocenters. The van der Waals surface area contributed by atoms with Crippen molar-refractivity contribution in [1.29, 1.82) is 0 Å². The van der Waals surface area contributed by atoms with Gasteiger partial charge in [-0.25, -0.2) is 0 Å². The summed E-state index contributed by atoms with van der Waals surface area (Å²) in [6.45, 7) is 5.95. The minimum Gasteiger partial charge on any atom is -0.342 e. The standard InChI is InChI=1S/C14H19N3O/c1-10-2-3-11(5-16-10)4-14(18)17-8-12-6-15-7-13(12)9-17/h2-3,5,12-13,15H,4,6-9H2,1H3/t12-,13+. The number of rotatable bonds is 2. The minimum absolute atomic E-state index is 0.245. The molecule has 0 radical (unpaired) electrons. The van der Waals surface area contributed by atoms with Crippen LogP contribution in [0.15, 0.2) is 18.3 Å². The minimum atomic E-state index is 0.245. The molecule has 2 fully saturated rings. The first kappa shape index (κ1) is 11.7. The lowest BCUT2D eigenvalue weighted by atomic mass is 10.0. The lowest BCUT2D eigenvalue weighted by Gasteiger charge is -2.17. The first-order valence-corrected chi connectivity index (χ1v) is 6.62. The van der Waals surface area contributed by atoms with E-state index in [0.717, 1.165) is 37.4 Å². The molecule has 0 spiro atoms. The highest BCUT2D eigenvalue weighted by Gasteiger charge is 2.37. The molecule has 4 nitrogen and oxygen atoms in total. The number of fused-ring (bicyclic) bond motifs is 1. The molecule has 2 saturated heterocycles. The normalized spacial score (nSPS) is 26.4. The monoisotopic (exact) mass is 245 g/mol. The molecule has 1 amide bonds. The van der Waals surface area contributed by atoms with Gasteiger partial charge in [-0.2, -0.15) is 0 Å². The highest BCUT2D eigenvalue weighted by Crippen LogP contribution is 2.26. The summed E-state index contributed by atoms with van der Waals surface area (Å²) < 4.78 is 0. The molecule has 3 heterocycles. The van der Waals surface area contributed by atoms with Crippen molar-refractivity contribution in [3.8, 4) is 0 Å². The summed E-state index contributed by atoms with van der Waals surface area (Å²) in [6.07, 6.45) is 2.30. The molecule has 0 saturated carbocycles. The fourth-order valence-electron chi connectivity index (χ4n) is 2.95. The molecule has 0 bridgehead atoms. The van der Waals surface area contributed by atoms with Gasteiger partial charge in [-0.3, -0.25) is 9.78 Å². The van der Waals surface area contributed by atoms with Crippen molar-refractivity contribution in [3.63, 3.8) is 0 Å². The van der Waals surface area contributed by atoms with Gasteiger partial charge < -0.3 is 10.2 Å². The van der Waals surface area contributed by atoms with Crippen LogP contribution >= 0.6 is 0 Å². The number of nitrogens with zero attached hydrogens (tertiary/aromatic N) is 2. The summed E-state index contributed by atoms with van der Waals surface area (Å²) in [7, 11) is 0. The van der Waals surface area contributed by atoms with Crippen molar-refractivity contribution in [2.75, 3.05) is 26.2 Å². The van der Waals surface area contributed by atoms with Gasteiger partial charge in [-0.1, -0.05) is 6.07 Å². The molecule has 4 heteroatoms. The van der Waals surface area contributed by atoms with Crippen LogP contribution in [0.4, 0.5) is 0 Å². The zero-order valence-corrected chi connectivity index (χ0v) is 10.7. The number of pyridine rings is 1. The number of aromatic nitrogens is 1. The number of likely N-dealkylation sites (tertiary alicyclic amines) is 1. The molecule has 0 aromatic carbocycles. The second-order valence-electron chi connectivity index (χ2n) is 5.46. The summed E-state index contributed by atoms with van der Waals surface area (Å²) >= 11 is 0. The van der Waals surface area contributed by atoms with Crippen LogP contribution in [0.2, 0.25) is 0 Å². The fraction of sp³-hybridized carbons (Fsp3) is 0.571. The molecule has 1 aromatic rings. The summed E-state index contributed by atoms with van der Waals surface area (Å²) in [4.78, 5) is 18.5. The van der Waals surface area contributed by atoms with E-state index in [4.69, 9.17) is 0 Å². The molecule has 1 aromatic heterocycles. The smallest absolute Gasteiger partial charge is 0.227 e. The van der Waals surface area contributed by atoms with Crippen molar-refractivity contribution >= 4 is 5.91 Å². The van der Waals surface area contributed by atoms with E-state index >= 15 is 0 Å². The Balaban J connectivity index is 1.60. The first-order chi connectivity index (χ1) is 8.72. The number of hydrogen-bond acceptors (Lipinski definition) is 3. The Bertz CT molecular complexity index is 431. The topological polar surface area (TPSA) is 45.2 Å². The highest BCUT2D eigenvalue weighted by atomic mass is 16.2. The number of aryl methyl sites for hydroxylation is 1. The number of carbonyl (C=O) groups is 1. The quantitative estimate of drug-likeness (QED) is 0.830. The van der Waals surface area contributed by atoms with Crippen molar-refractivity contribution in [1.82, 2.24) is 15.2 Å². The molecule has 3 rings (SSSR count). The van der Waals surface area contributed by atoms with Crippen molar-refractivity contribution < 1.29 is 4.79 Å². The van der Waals surface area contributed by atoms with Gasteiger partial charge in [0.2, 0.25) is 5.91 Å². The summed E-state index contributed by atoms with van der Waals surface area (Å²) in [5.74, 6) is 1.59. The molecule has 2 aliphatic rings. The molecule has 2 aliphatic heterocycles. The molecular formula is C14H19N3O. The lowest BCUT2D eigenvalue weighted by molar-refractivity contribution is -0.129. The van der Waals surface area contributed by atoms with Crippen LogP contribution in [-0.2, 0) is 11.2 Å². The van der Waals surface area contributed by atoms with Crippen molar-refractivity contribution in [3.05, 3.63) is 29.6 Å². The van der Waals surface area contributed by atoms with E-state index in [1.165, 1.54) is 0 Å². The molecule has 0 aliphatic carbocycles. The average Bonchev–Trinajstić information content (AvgIpc) is 2.92. The number of carbonyl (C=O) groups excluding carboxylic acids is 1. The third kappa shape index (κ3) is 2.25. The average molecular weight is 245 g/mol. The van der Waals surface area contributed by atoms with Crippen LogP contribution in [0.5, 0.6) is 0 Å². The summed E-state index contributed by atoms with van der Waals surface area (Å²) in [6, 6.07) is 3.96. The van der Waals surface area contributed by atoms with Crippen LogP contribution in [0.3, 0.4) is 0 Å². The van der Waals surface area contributed by atoms with Gasteiger partial charge in [0.15, 0.2) is 0 Å². The Hall–Kier alpha value is -1.42. The van der Waals surface area contributed by atoms with E-state index < -0.39 is 0 Å². The van der Waals surface area contributed by atoms with Crippen LogP contribution in [-0.4, -0.2) is 42.0 Å². The van der Waals surface area contributed by atoms with Gasteiger partial charge in [-0.05, 0) is 30.4 Å². The zero-order valence-electron chi connectivity index (χ0n) is 10.7. The largest absolute Gasteiger partial charge is 0.342 e. The van der Waals surface area contributed by atoms with Gasteiger partial charge in [-0.15, -0.1) is 0 Å². The summed E-state index contributed by atoms with van der Waals surface area (Å²) in [5.41, 5.74) is 2.01. The molecule has 1 N–H and O–H groups in total. The first-order valence-electron chi connectivity index (χ1n) is 6.62. The predicted molar refractivity (Wildman–Crippen MR) is 69.1 cm³/mol. The maximum Gasteiger partial charge on any atom is 0.227 e. The Morgan fingerprint density at radius 3 is 2.72 bits per heavy atom. The van der Waals surface area contributed by atoms with Crippen LogP contribution < -0.4 is 5.32 Å². The number of amides is 1. The Morgan fingerprint density at radius 1 is 1.39 bits per heavy atom. The van der Waals surface area contributed by atoms with Gasteiger partial charge in [0.1, 0.15) is 0 Å². The van der Waals surface area contributed by atoms with Crippen LogP contribution in [0, 0.1) is 18.8 Å². The maximum atomic E-state index is 12.2. The Kier molecular flexibility index (Phi) is 3.04. The van der Waals surface area contributed by atoms with Crippen LogP contribution in [0.1, 0.15) is 11.3 Å². The lowest BCUT2D eigenvalue weighted by Crippen LogP contribution is -2.33. The molecule has 96 valence electrons. The summed E-state index contributed by atoms with van der Waals surface area (Å²) in [5, 5.41) is 3.39. The SMILES string of the molecule is Cc1ccc(CC(=O)N2C[C@H]3CNC[C@H]3C2)cn1. The van der Waals surface area contributed by atoms with E-state index in [1.807, 2.05) is 30.2 Å². The molecule has 0 unspecified atom stereocenters. The van der Waals surface area contributed by atoms with Crippen LogP contribution in [0.25, 0.3) is 0 Å². The highest BCUT2D eigenvalue weighted by molar-refractivity contribution is 5.79. The van der Waals surface area contributed by atoms with E-state index in [1.54, 1.807) is 0 Å². The molecular weight excluding hydrogens is 226 g/mol. The predicted octanol–water partition coefficient (Wildman–Crippen LogP) is 0.610. The van der Waals surface area contributed by atoms with E-state index in [2.05, 4.69) is 10.3 Å². The maximum absolute atomic E-state index is 12.2. The second kappa shape index (κ2) is 4.69. The number of nitrogens with one attached hydrogen (secondary N) is 1. The Labute approximate surface area is 107 Å². The fourth-order valence-corrected chi connectivity index (χ4v) is 2.95. The third-order valence-electron chi connectivity index (χ3n) is 4.07. The Morgan fingerprint density at radius 2 is 2.11 bits per heavy atom. The van der Waals surface area contributed by atoms with Gasteiger partial charge in [0.25, 0.3) is 0 Å². The van der Waals surface area contributed by atoms with E-state index in [9.17, 15) is 4.79 Å². The number of hydrogen-bond donors (Lipinski definition) is 1. The van der Waals surface area contributed by atoms with Gasteiger partial charge in [0.05, 0.1) is 6.42 Å². The third-order valence-corrected chi connectivity index (χ3v) is 4.07. The van der Waals surface area contributed by atoms with E-state index in [0.29, 0.717) is 18.3 Å². The van der Waals surface area contributed by atoms with Gasteiger partial charge >= 0.3 is 0 Å². The van der Waals surface area contributed by atoms with Gasteiger partial charge in [0, 0.05) is 38.1 Å². The molecule has 18 heavy (non-hydrogen) atoms. The zero-order chi connectivity index (χ0) is 12.5. The van der Waals surface area contributed by atoms with E-state index in [-0.39, 0.29) is 5.91 Å². The second-order valence-corrected chi connectivity index (χ2v) is 5.46. The van der Waals surface area contributed by atoms with Crippen molar-refractivity contribution in [2.45, 2.75) is 13.3 Å². The van der Waals surface area contributed by atoms with Crippen molar-refractivity contribution in [2.24, 2.45) is 11.8 Å².